The molecule has 2 aromatic carbocycles. The van der Waals surface area contributed by atoms with Crippen molar-refractivity contribution in [3.05, 3.63) is 66.0 Å². The van der Waals surface area contributed by atoms with Crippen LogP contribution in [0.4, 0.5) is 4.79 Å². The summed E-state index contributed by atoms with van der Waals surface area (Å²) in [7, 11) is 0. The molecular formula is C23H19Cl2IN2O4S. The number of ether oxygens (including phenoxy) is 1. The molecule has 10 heteroatoms. The predicted molar refractivity (Wildman–Crippen MR) is 138 cm³/mol. The Morgan fingerprint density at radius 3 is 2.36 bits per heavy atom. The van der Waals surface area contributed by atoms with Crippen LogP contribution in [-0.2, 0) is 16.2 Å². The van der Waals surface area contributed by atoms with Crippen LogP contribution in [-0.4, -0.2) is 46.5 Å². The molecule has 0 saturated carbocycles. The van der Waals surface area contributed by atoms with Gasteiger partial charge in [0.25, 0.3) is 11.1 Å². The minimum atomic E-state index is -0.496. The van der Waals surface area contributed by atoms with Crippen molar-refractivity contribution in [1.82, 2.24) is 9.80 Å². The summed E-state index contributed by atoms with van der Waals surface area (Å²) in [4.78, 5) is 40.3. The Kier molecular flexibility index (Phi) is 7.88. The van der Waals surface area contributed by atoms with E-state index in [-0.39, 0.29) is 17.4 Å². The molecule has 33 heavy (non-hydrogen) atoms. The van der Waals surface area contributed by atoms with Gasteiger partial charge in [0.2, 0.25) is 5.91 Å². The lowest BCUT2D eigenvalue weighted by Crippen LogP contribution is -2.40. The molecule has 172 valence electrons. The molecule has 2 heterocycles. The second-order valence-electron chi connectivity index (χ2n) is 7.58. The molecule has 0 aromatic heterocycles. The van der Waals surface area contributed by atoms with Crippen molar-refractivity contribution in [2.75, 3.05) is 19.6 Å². The molecule has 6 nitrogen and oxygen atoms in total. The van der Waals surface area contributed by atoms with Gasteiger partial charge in [-0.2, -0.15) is 0 Å². The van der Waals surface area contributed by atoms with Crippen molar-refractivity contribution in [2.45, 2.75) is 19.4 Å². The maximum absolute atomic E-state index is 12.7. The lowest BCUT2D eigenvalue weighted by Gasteiger charge is -2.18. The summed E-state index contributed by atoms with van der Waals surface area (Å²) in [6.07, 6.45) is 3.44. The van der Waals surface area contributed by atoms with E-state index in [0.717, 1.165) is 38.6 Å². The molecular weight excluding hydrogens is 598 g/mol. The first-order valence-electron chi connectivity index (χ1n) is 10.2. The van der Waals surface area contributed by atoms with Crippen LogP contribution in [0.2, 0.25) is 10.0 Å². The second-order valence-corrected chi connectivity index (χ2v) is 10.6. The third-order valence-electron chi connectivity index (χ3n) is 5.24. The van der Waals surface area contributed by atoms with Gasteiger partial charge in [-0.1, -0.05) is 35.3 Å². The van der Waals surface area contributed by atoms with Crippen molar-refractivity contribution in [1.29, 1.82) is 0 Å². The van der Waals surface area contributed by atoms with Crippen LogP contribution in [0, 0.1) is 3.57 Å². The Balaban J connectivity index is 1.45. The van der Waals surface area contributed by atoms with Crippen molar-refractivity contribution in [2.24, 2.45) is 0 Å². The first-order chi connectivity index (χ1) is 15.8. The van der Waals surface area contributed by atoms with Crippen molar-refractivity contribution < 1.29 is 19.1 Å². The lowest BCUT2D eigenvalue weighted by atomic mass is 10.2. The molecule has 0 atom stereocenters. The lowest BCUT2D eigenvalue weighted by molar-refractivity contribution is -0.135. The molecule has 0 unspecified atom stereocenters. The molecule has 0 N–H and O–H groups in total. The van der Waals surface area contributed by atoms with E-state index < -0.39 is 11.1 Å². The van der Waals surface area contributed by atoms with Crippen molar-refractivity contribution in [3.8, 4) is 5.75 Å². The molecule has 2 fully saturated rings. The minimum Gasteiger partial charge on any atom is -0.486 e. The molecule has 2 aromatic rings. The first kappa shape index (κ1) is 24.4. The molecule has 3 amide bonds. The van der Waals surface area contributed by atoms with Gasteiger partial charge in [-0.25, -0.2) is 0 Å². The Bertz CT molecular complexity index is 1110. The number of likely N-dealkylation sites (tertiary alicyclic amines) is 1. The fraction of sp³-hybridized carbons (Fsp3) is 0.261. The zero-order valence-corrected chi connectivity index (χ0v) is 21.8. The second kappa shape index (κ2) is 10.7. The Morgan fingerprint density at radius 1 is 1.09 bits per heavy atom. The average Bonchev–Trinajstić information content (AvgIpc) is 3.39. The summed E-state index contributed by atoms with van der Waals surface area (Å²) >= 11 is 15.8. The van der Waals surface area contributed by atoms with Crippen LogP contribution >= 0.6 is 57.6 Å². The fourth-order valence-electron chi connectivity index (χ4n) is 3.53. The maximum Gasteiger partial charge on any atom is 0.294 e. The van der Waals surface area contributed by atoms with E-state index in [1.165, 1.54) is 0 Å². The highest BCUT2D eigenvalue weighted by molar-refractivity contribution is 14.1. The quantitative estimate of drug-likeness (QED) is 0.302. The number of hydrogen-bond donors (Lipinski definition) is 0. The smallest absolute Gasteiger partial charge is 0.294 e. The SMILES string of the molecule is O=C(CN1C(=O)S/C(=C/c2cc(Cl)c(OCc3ccc(I)cc3)c(Cl)c2)C1=O)N1CCCC1. The molecule has 0 bridgehead atoms. The molecule has 2 aliphatic heterocycles. The number of amides is 3. The summed E-state index contributed by atoms with van der Waals surface area (Å²) in [5, 5.41) is 0.124. The van der Waals surface area contributed by atoms with Crippen molar-refractivity contribution in [3.63, 3.8) is 0 Å². The van der Waals surface area contributed by atoms with Gasteiger partial charge in [-0.15, -0.1) is 0 Å². The van der Waals surface area contributed by atoms with Crippen LogP contribution in [0.15, 0.2) is 41.3 Å². The van der Waals surface area contributed by atoms with Crippen LogP contribution in [0.1, 0.15) is 24.0 Å². The number of carbonyl (C=O) groups is 3. The van der Waals surface area contributed by atoms with Crippen LogP contribution < -0.4 is 4.74 Å². The third kappa shape index (κ3) is 5.85. The predicted octanol–water partition coefficient (Wildman–Crippen LogP) is 5.84. The number of nitrogens with zero attached hydrogens (tertiary/aromatic N) is 2. The van der Waals surface area contributed by atoms with E-state index in [1.54, 1.807) is 23.1 Å². The van der Waals surface area contributed by atoms with Crippen molar-refractivity contribution >= 4 is 80.7 Å². The average molecular weight is 617 g/mol. The van der Waals surface area contributed by atoms with E-state index in [2.05, 4.69) is 22.6 Å². The number of hydrogen-bond acceptors (Lipinski definition) is 5. The molecule has 0 aliphatic carbocycles. The van der Waals surface area contributed by atoms with Gasteiger partial charge >= 0.3 is 0 Å². The molecule has 2 aliphatic rings. The topological polar surface area (TPSA) is 66.9 Å². The van der Waals surface area contributed by atoms with Crippen LogP contribution in [0.25, 0.3) is 6.08 Å². The maximum atomic E-state index is 12.7. The van der Waals surface area contributed by atoms with E-state index >= 15 is 0 Å². The van der Waals surface area contributed by atoms with Crippen LogP contribution in [0.3, 0.4) is 0 Å². The van der Waals surface area contributed by atoms with Gasteiger partial charge in [0.05, 0.1) is 15.0 Å². The fourth-order valence-corrected chi connectivity index (χ4v) is 5.34. The molecule has 2 saturated heterocycles. The van der Waals surface area contributed by atoms with Gasteiger partial charge in [0.1, 0.15) is 13.2 Å². The van der Waals surface area contributed by atoms with E-state index in [9.17, 15) is 14.4 Å². The number of thioether (sulfide) groups is 1. The summed E-state index contributed by atoms with van der Waals surface area (Å²) < 4.78 is 6.93. The van der Waals surface area contributed by atoms with E-state index in [4.69, 9.17) is 27.9 Å². The van der Waals surface area contributed by atoms with Gasteiger partial charge < -0.3 is 9.64 Å². The normalized spacial score (nSPS) is 17.4. The first-order valence-corrected chi connectivity index (χ1v) is 12.9. The Morgan fingerprint density at radius 2 is 1.73 bits per heavy atom. The van der Waals surface area contributed by atoms with Gasteiger partial charge in [-0.05, 0) is 88.7 Å². The number of halogens is 3. The highest BCUT2D eigenvalue weighted by Gasteiger charge is 2.37. The summed E-state index contributed by atoms with van der Waals surface area (Å²) in [5.74, 6) is -0.362. The zero-order valence-electron chi connectivity index (χ0n) is 17.4. The van der Waals surface area contributed by atoms with E-state index in [0.29, 0.717) is 41.1 Å². The van der Waals surface area contributed by atoms with Gasteiger partial charge in [-0.3, -0.25) is 19.3 Å². The highest BCUT2D eigenvalue weighted by atomic mass is 127. The standard InChI is InChI=1S/C23H19Cl2IN2O4S/c24-17-9-15(10-18(25)21(17)32-13-14-3-5-16(26)6-4-14)11-19-22(30)28(23(31)33-19)12-20(29)27-7-1-2-8-27/h3-6,9-11H,1-2,7-8,12-13H2/b19-11+. The molecule has 0 radical (unpaired) electrons. The summed E-state index contributed by atoms with van der Waals surface area (Å²) in [6, 6.07) is 11.1. The largest absolute Gasteiger partial charge is 0.486 e. The number of benzene rings is 2. The van der Waals surface area contributed by atoms with Gasteiger partial charge in [0, 0.05) is 16.7 Å². The minimum absolute atomic E-state index is 0.211. The summed E-state index contributed by atoms with van der Waals surface area (Å²) in [6.45, 7) is 1.40. The molecule has 4 rings (SSSR count). The van der Waals surface area contributed by atoms with Crippen LogP contribution in [0.5, 0.6) is 5.75 Å². The monoisotopic (exact) mass is 616 g/mol. The number of rotatable bonds is 6. The Labute approximate surface area is 219 Å². The summed E-state index contributed by atoms with van der Waals surface area (Å²) in [5.41, 5.74) is 1.53. The third-order valence-corrected chi connectivity index (χ3v) is 7.43. The number of imide groups is 1. The number of carbonyl (C=O) groups excluding carboxylic acids is 3. The van der Waals surface area contributed by atoms with Gasteiger partial charge in [0.15, 0.2) is 5.75 Å². The zero-order chi connectivity index (χ0) is 23.5. The van der Waals surface area contributed by atoms with E-state index in [1.807, 2.05) is 24.3 Å². The highest BCUT2D eigenvalue weighted by Crippen LogP contribution is 2.38. The Hall–Kier alpha value is -1.75. The molecule has 0 spiro atoms.